The number of ether oxygens (including phenoxy) is 2. The van der Waals surface area contributed by atoms with Crippen LogP contribution < -0.4 is 14.8 Å². The van der Waals surface area contributed by atoms with E-state index >= 15 is 0 Å². The van der Waals surface area contributed by atoms with E-state index in [1.165, 1.54) is 0 Å². The van der Waals surface area contributed by atoms with Crippen molar-refractivity contribution >= 4 is 5.91 Å². The van der Waals surface area contributed by atoms with Crippen LogP contribution >= 0.6 is 0 Å². The molecule has 2 aromatic carbocycles. The van der Waals surface area contributed by atoms with Gasteiger partial charge in [0.25, 0.3) is 0 Å². The number of rotatable bonds is 5. The predicted molar refractivity (Wildman–Crippen MR) is 105 cm³/mol. The summed E-state index contributed by atoms with van der Waals surface area (Å²) in [6.45, 7) is 5.61. The molecule has 1 fully saturated rings. The number of hydrogen-bond acceptors (Lipinski definition) is 3. The lowest BCUT2D eigenvalue weighted by atomic mass is 9.91. The molecule has 27 heavy (non-hydrogen) atoms. The molecule has 1 heterocycles. The van der Waals surface area contributed by atoms with Crippen LogP contribution in [0, 0.1) is 5.92 Å². The van der Waals surface area contributed by atoms with E-state index < -0.39 is 0 Å². The fourth-order valence-electron chi connectivity index (χ4n) is 3.82. The summed E-state index contributed by atoms with van der Waals surface area (Å²) >= 11 is 0. The van der Waals surface area contributed by atoms with Gasteiger partial charge in [-0.2, -0.15) is 0 Å². The van der Waals surface area contributed by atoms with E-state index in [-0.39, 0.29) is 23.3 Å². The van der Waals surface area contributed by atoms with Gasteiger partial charge < -0.3 is 14.8 Å². The molecule has 2 aromatic rings. The predicted octanol–water partition coefficient (Wildman–Crippen LogP) is 4.39. The van der Waals surface area contributed by atoms with E-state index in [2.05, 4.69) is 31.3 Å². The van der Waals surface area contributed by atoms with Crippen LogP contribution in [0.3, 0.4) is 0 Å². The average molecular weight is 365 g/mol. The first-order valence-electron chi connectivity index (χ1n) is 9.86. The van der Waals surface area contributed by atoms with Gasteiger partial charge in [0.15, 0.2) is 11.5 Å². The van der Waals surface area contributed by atoms with E-state index in [0.717, 1.165) is 41.9 Å². The summed E-state index contributed by atoms with van der Waals surface area (Å²) in [6.07, 6.45) is 2.71. The Bertz CT molecular complexity index is 812. The Labute approximate surface area is 160 Å². The van der Waals surface area contributed by atoms with Crippen LogP contribution in [0.25, 0.3) is 0 Å². The first kappa shape index (κ1) is 17.9. The summed E-state index contributed by atoms with van der Waals surface area (Å²) in [7, 11) is 0. The second kappa shape index (κ2) is 7.26. The number of fused-ring (bicyclic) bond motifs is 1. The van der Waals surface area contributed by atoms with E-state index in [0.29, 0.717) is 13.2 Å². The van der Waals surface area contributed by atoms with Crippen molar-refractivity contribution in [1.82, 2.24) is 5.32 Å². The second-order valence-electron chi connectivity index (χ2n) is 7.90. The van der Waals surface area contributed by atoms with E-state index in [4.69, 9.17) is 9.47 Å². The minimum absolute atomic E-state index is 0.0594. The smallest absolute Gasteiger partial charge is 0.231 e. The van der Waals surface area contributed by atoms with Gasteiger partial charge in [-0.15, -0.1) is 0 Å². The average Bonchev–Trinajstić information content (AvgIpc) is 3.50. The highest BCUT2D eigenvalue weighted by molar-refractivity contribution is 5.91. The fourth-order valence-corrected chi connectivity index (χ4v) is 3.82. The van der Waals surface area contributed by atoms with Gasteiger partial charge in [0, 0.05) is 6.42 Å². The number of nitrogens with one attached hydrogen (secondary N) is 1. The Morgan fingerprint density at radius 1 is 1.00 bits per heavy atom. The lowest BCUT2D eigenvalue weighted by Gasteiger charge is -2.26. The Hall–Kier alpha value is -2.49. The van der Waals surface area contributed by atoms with Gasteiger partial charge in [0.05, 0.1) is 24.7 Å². The molecule has 1 amide bonds. The summed E-state index contributed by atoms with van der Waals surface area (Å²) in [5.74, 6) is 1.95. The molecule has 142 valence electrons. The van der Waals surface area contributed by atoms with Crippen LogP contribution in [0.5, 0.6) is 11.5 Å². The number of carbonyl (C=O) groups excluding carboxylic acids is 1. The summed E-state index contributed by atoms with van der Waals surface area (Å²) in [6, 6.07) is 16.1. The molecule has 0 spiro atoms. The third-order valence-corrected chi connectivity index (χ3v) is 5.59. The molecule has 1 atom stereocenters. The zero-order valence-electron chi connectivity index (χ0n) is 16.0. The molecule has 1 saturated carbocycles. The Balaban J connectivity index is 1.57. The van der Waals surface area contributed by atoms with Gasteiger partial charge in [0.1, 0.15) is 0 Å². The van der Waals surface area contributed by atoms with E-state index in [1.54, 1.807) is 0 Å². The fraction of sp³-hybridized carbons (Fsp3) is 0.435. The SMILES string of the molecule is CC(C)C(NC(=O)C1(c2ccccc2)CC1)c1ccc2c(c1)OCCCO2. The molecule has 4 heteroatoms. The summed E-state index contributed by atoms with van der Waals surface area (Å²) in [5, 5.41) is 3.32. The Morgan fingerprint density at radius 2 is 1.70 bits per heavy atom. The van der Waals surface area contributed by atoms with Gasteiger partial charge in [-0.3, -0.25) is 4.79 Å². The molecule has 0 radical (unpaired) electrons. The summed E-state index contributed by atoms with van der Waals surface area (Å²) in [5.41, 5.74) is 1.81. The van der Waals surface area contributed by atoms with Gasteiger partial charge in [0.2, 0.25) is 5.91 Å². The van der Waals surface area contributed by atoms with Crippen molar-refractivity contribution in [3.8, 4) is 11.5 Å². The van der Waals surface area contributed by atoms with E-state index in [1.807, 2.05) is 36.4 Å². The van der Waals surface area contributed by atoms with Crippen molar-refractivity contribution in [2.75, 3.05) is 13.2 Å². The standard InChI is InChI=1S/C23H27NO3/c1-16(2)21(17-9-10-19-20(15-17)27-14-6-13-26-19)24-22(25)23(11-12-23)18-7-4-3-5-8-18/h3-5,7-10,15-16,21H,6,11-14H2,1-2H3,(H,24,25). The Morgan fingerprint density at radius 3 is 2.37 bits per heavy atom. The van der Waals surface area contributed by atoms with Crippen molar-refractivity contribution in [2.45, 2.75) is 44.6 Å². The molecular weight excluding hydrogens is 338 g/mol. The minimum Gasteiger partial charge on any atom is -0.490 e. The molecule has 0 aromatic heterocycles. The van der Waals surface area contributed by atoms with Crippen molar-refractivity contribution < 1.29 is 14.3 Å². The van der Waals surface area contributed by atoms with Crippen LogP contribution in [0.4, 0.5) is 0 Å². The second-order valence-corrected chi connectivity index (χ2v) is 7.90. The first-order chi connectivity index (χ1) is 13.1. The van der Waals surface area contributed by atoms with Crippen LogP contribution in [0.15, 0.2) is 48.5 Å². The quantitative estimate of drug-likeness (QED) is 0.855. The molecule has 1 unspecified atom stereocenters. The van der Waals surface area contributed by atoms with Crippen LogP contribution in [0.1, 0.15) is 50.3 Å². The third kappa shape index (κ3) is 3.53. The van der Waals surface area contributed by atoms with Crippen molar-refractivity contribution in [2.24, 2.45) is 5.92 Å². The zero-order chi connectivity index (χ0) is 18.9. The number of hydrogen-bond donors (Lipinski definition) is 1. The molecule has 4 rings (SSSR count). The van der Waals surface area contributed by atoms with Gasteiger partial charge >= 0.3 is 0 Å². The van der Waals surface area contributed by atoms with Crippen molar-refractivity contribution in [3.63, 3.8) is 0 Å². The molecule has 4 nitrogen and oxygen atoms in total. The number of benzene rings is 2. The van der Waals surface area contributed by atoms with Gasteiger partial charge in [-0.25, -0.2) is 0 Å². The molecule has 1 aliphatic heterocycles. The third-order valence-electron chi connectivity index (χ3n) is 5.59. The highest BCUT2D eigenvalue weighted by Gasteiger charge is 2.51. The first-order valence-corrected chi connectivity index (χ1v) is 9.86. The molecule has 1 aliphatic carbocycles. The van der Waals surface area contributed by atoms with Gasteiger partial charge in [-0.05, 0) is 42.0 Å². The zero-order valence-corrected chi connectivity index (χ0v) is 16.0. The topological polar surface area (TPSA) is 47.6 Å². The van der Waals surface area contributed by atoms with Gasteiger partial charge in [-0.1, -0.05) is 50.2 Å². The minimum atomic E-state index is -0.361. The molecule has 2 aliphatic rings. The Kier molecular flexibility index (Phi) is 4.81. The maximum atomic E-state index is 13.2. The normalized spacial score (nSPS) is 18.5. The van der Waals surface area contributed by atoms with Crippen LogP contribution in [0.2, 0.25) is 0 Å². The highest BCUT2D eigenvalue weighted by atomic mass is 16.5. The lowest BCUT2D eigenvalue weighted by molar-refractivity contribution is -0.124. The van der Waals surface area contributed by atoms with Crippen molar-refractivity contribution in [3.05, 3.63) is 59.7 Å². The van der Waals surface area contributed by atoms with E-state index in [9.17, 15) is 4.79 Å². The van der Waals surface area contributed by atoms with Crippen molar-refractivity contribution in [1.29, 1.82) is 0 Å². The maximum absolute atomic E-state index is 13.2. The summed E-state index contributed by atoms with van der Waals surface area (Å²) < 4.78 is 11.6. The lowest BCUT2D eigenvalue weighted by Crippen LogP contribution is -2.39. The summed E-state index contributed by atoms with van der Waals surface area (Å²) in [4.78, 5) is 13.2. The monoisotopic (exact) mass is 365 g/mol. The number of carbonyl (C=O) groups is 1. The van der Waals surface area contributed by atoms with Crippen LogP contribution in [-0.2, 0) is 10.2 Å². The molecule has 1 N–H and O–H groups in total. The molecular formula is C23H27NO3. The molecule has 0 bridgehead atoms. The molecule has 0 saturated heterocycles. The van der Waals surface area contributed by atoms with Crippen LogP contribution in [-0.4, -0.2) is 19.1 Å². The number of amides is 1. The highest BCUT2D eigenvalue weighted by Crippen LogP contribution is 2.49. The largest absolute Gasteiger partial charge is 0.490 e. The maximum Gasteiger partial charge on any atom is 0.231 e.